The van der Waals surface area contributed by atoms with Crippen LogP contribution in [0.2, 0.25) is 0 Å². The van der Waals surface area contributed by atoms with Crippen LogP contribution in [0, 0.1) is 6.92 Å². The van der Waals surface area contributed by atoms with E-state index in [1.807, 2.05) is 13.8 Å². The number of nitrogens with one attached hydrogen (secondary N) is 2. The molecular formula is C9H17Cl2N3OS. The summed E-state index contributed by atoms with van der Waals surface area (Å²) in [5, 5.41) is 5.97. The van der Waals surface area contributed by atoms with Crippen molar-refractivity contribution >= 4 is 42.1 Å². The largest absolute Gasteiger partial charge is 0.350 e. The van der Waals surface area contributed by atoms with E-state index >= 15 is 0 Å². The second-order valence-corrected chi connectivity index (χ2v) is 3.73. The van der Waals surface area contributed by atoms with Gasteiger partial charge in [-0.1, -0.05) is 6.92 Å². The summed E-state index contributed by atoms with van der Waals surface area (Å²) in [6.45, 7) is 6.27. The van der Waals surface area contributed by atoms with Gasteiger partial charge in [0.05, 0.1) is 11.2 Å². The first kappa shape index (κ1) is 18.0. The van der Waals surface area contributed by atoms with Crippen molar-refractivity contribution in [3.63, 3.8) is 0 Å². The molecule has 0 saturated heterocycles. The third-order valence-corrected chi connectivity index (χ3v) is 2.72. The molecule has 0 unspecified atom stereocenters. The molecule has 0 aliphatic heterocycles. The van der Waals surface area contributed by atoms with Gasteiger partial charge in [0.25, 0.3) is 5.91 Å². The number of nitrogens with zero attached hydrogens (tertiary/aromatic N) is 1. The van der Waals surface area contributed by atoms with Crippen LogP contribution >= 0.6 is 36.2 Å². The van der Waals surface area contributed by atoms with Gasteiger partial charge in [0.2, 0.25) is 0 Å². The molecule has 2 N–H and O–H groups in total. The molecule has 0 saturated carbocycles. The van der Waals surface area contributed by atoms with Crippen molar-refractivity contribution in [3.05, 3.63) is 16.1 Å². The van der Waals surface area contributed by atoms with Gasteiger partial charge in [-0.3, -0.25) is 4.79 Å². The number of rotatable bonds is 5. The van der Waals surface area contributed by atoms with Crippen molar-refractivity contribution < 1.29 is 4.79 Å². The maximum atomic E-state index is 11.5. The Morgan fingerprint density at radius 3 is 2.62 bits per heavy atom. The first-order chi connectivity index (χ1) is 6.75. The molecule has 0 spiro atoms. The highest BCUT2D eigenvalue weighted by atomic mass is 35.5. The van der Waals surface area contributed by atoms with Gasteiger partial charge >= 0.3 is 0 Å². The highest BCUT2D eigenvalue weighted by Crippen LogP contribution is 2.10. The molecule has 4 nitrogen and oxygen atoms in total. The zero-order chi connectivity index (χ0) is 10.4. The lowest BCUT2D eigenvalue weighted by Gasteiger charge is -2.03. The topological polar surface area (TPSA) is 54.0 Å². The number of hydrogen-bond donors (Lipinski definition) is 2. The minimum atomic E-state index is -0.0251. The van der Waals surface area contributed by atoms with Crippen LogP contribution in [0.3, 0.4) is 0 Å². The lowest BCUT2D eigenvalue weighted by atomic mass is 10.4. The number of likely N-dealkylation sites (N-methyl/N-ethyl adjacent to an activating group) is 1. The average Bonchev–Trinajstić information content (AvgIpc) is 2.59. The summed E-state index contributed by atoms with van der Waals surface area (Å²) in [7, 11) is 0. The Labute approximate surface area is 112 Å². The minimum absolute atomic E-state index is 0. The quantitative estimate of drug-likeness (QED) is 0.809. The maximum Gasteiger partial charge on any atom is 0.263 e. The van der Waals surface area contributed by atoms with Crippen molar-refractivity contribution in [1.29, 1.82) is 0 Å². The Morgan fingerprint density at radius 2 is 2.12 bits per heavy atom. The van der Waals surface area contributed by atoms with Crippen molar-refractivity contribution in [3.8, 4) is 0 Å². The molecular weight excluding hydrogens is 269 g/mol. The van der Waals surface area contributed by atoms with Gasteiger partial charge in [0, 0.05) is 13.1 Å². The van der Waals surface area contributed by atoms with E-state index in [-0.39, 0.29) is 30.7 Å². The van der Waals surface area contributed by atoms with Crippen LogP contribution in [-0.4, -0.2) is 30.5 Å². The van der Waals surface area contributed by atoms with E-state index in [0.717, 1.165) is 18.8 Å². The zero-order valence-electron chi connectivity index (χ0n) is 9.28. The first-order valence-corrected chi connectivity index (χ1v) is 5.52. The number of carbonyl (C=O) groups is 1. The molecule has 1 heterocycles. The fourth-order valence-electron chi connectivity index (χ4n) is 1.04. The highest BCUT2D eigenvalue weighted by molar-refractivity contribution is 7.11. The number of aromatic nitrogens is 1. The molecule has 0 aliphatic carbocycles. The average molecular weight is 286 g/mol. The number of amides is 1. The fraction of sp³-hybridized carbons (Fsp3) is 0.556. The third-order valence-electron chi connectivity index (χ3n) is 1.79. The number of carbonyl (C=O) groups excluding carboxylic acids is 1. The Bertz CT molecular complexity index is 307. The molecule has 1 amide bonds. The van der Waals surface area contributed by atoms with E-state index in [9.17, 15) is 4.79 Å². The monoisotopic (exact) mass is 285 g/mol. The molecule has 0 bridgehead atoms. The summed E-state index contributed by atoms with van der Waals surface area (Å²) in [6.07, 6.45) is 0. The summed E-state index contributed by atoms with van der Waals surface area (Å²) < 4.78 is 0. The van der Waals surface area contributed by atoms with E-state index in [1.165, 1.54) is 11.3 Å². The molecule has 1 aromatic rings. The molecule has 94 valence electrons. The number of hydrogen-bond acceptors (Lipinski definition) is 4. The summed E-state index contributed by atoms with van der Waals surface area (Å²) >= 11 is 1.38. The molecule has 0 atom stereocenters. The smallest absolute Gasteiger partial charge is 0.263 e. The van der Waals surface area contributed by atoms with Gasteiger partial charge < -0.3 is 10.6 Å². The molecule has 1 rings (SSSR count). The predicted molar refractivity (Wildman–Crippen MR) is 72.2 cm³/mol. The van der Waals surface area contributed by atoms with Crippen molar-refractivity contribution in [2.45, 2.75) is 13.8 Å². The number of halogens is 2. The van der Waals surface area contributed by atoms with E-state index in [0.29, 0.717) is 11.4 Å². The van der Waals surface area contributed by atoms with Crippen molar-refractivity contribution in [2.75, 3.05) is 19.6 Å². The maximum absolute atomic E-state index is 11.5. The van der Waals surface area contributed by atoms with Crippen LogP contribution in [0.4, 0.5) is 0 Å². The molecule has 7 heteroatoms. The van der Waals surface area contributed by atoms with Gasteiger partial charge in [-0.15, -0.1) is 36.2 Å². The van der Waals surface area contributed by atoms with E-state index in [1.54, 1.807) is 5.51 Å². The van der Waals surface area contributed by atoms with Crippen LogP contribution in [-0.2, 0) is 0 Å². The van der Waals surface area contributed by atoms with Crippen LogP contribution in [0.5, 0.6) is 0 Å². The minimum Gasteiger partial charge on any atom is -0.350 e. The normalized spacial score (nSPS) is 8.88. The van der Waals surface area contributed by atoms with Crippen LogP contribution in [0.25, 0.3) is 0 Å². The fourth-order valence-corrected chi connectivity index (χ4v) is 1.76. The van der Waals surface area contributed by atoms with Crippen molar-refractivity contribution in [2.24, 2.45) is 0 Å². The second kappa shape index (κ2) is 9.84. The zero-order valence-corrected chi connectivity index (χ0v) is 11.7. The number of aryl methyl sites for hydroxylation is 1. The lowest BCUT2D eigenvalue weighted by molar-refractivity contribution is 0.0957. The van der Waals surface area contributed by atoms with E-state index < -0.39 is 0 Å². The van der Waals surface area contributed by atoms with Crippen LogP contribution in [0.1, 0.15) is 22.3 Å². The van der Waals surface area contributed by atoms with E-state index in [4.69, 9.17) is 0 Å². The van der Waals surface area contributed by atoms with Gasteiger partial charge in [-0.05, 0) is 13.5 Å². The van der Waals surface area contributed by atoms with Gasteiger partial charge in [0.1, 0.15) is 4.88 Å². The predicted octanol–water partition coefficient (Wildman–Crippen LogP) is 1.63. The van der Waals surface area contributed by atoms with Crippen LogP contribution < -0.4 is 10.6 Å². The third kappa shape index (κ3) is 5.65. The molecule has 0 aromatic carbocycles. The summed E-state index contributed by atoms with van der Waals surface area (Å²) in [5.74, 6) is -0.0251. The summed E-state index contributed by atoms with van der Waals surface area (Å²) in [6, 6.07) is 0. The lowest BCUT2D eigenvalue weighted by Crippen LogP contribution is -2.31. The standard InChI is InChI=1S/C9H15N3OS.2ClH/c1-3-10-4-5-11-9(13)8-7(2)12-6-14-8;;/h6,10H,3-5H2,1-2H3,(H,11,13);2*1H. The van der Waals surface area contributed by atoms with Gasteiger partial charge in [0.15, 0.2) is 0 Å². The SMILES string of the molecule is CCNCCNC(=O)c1scnc1C.Cl.Cl. The van der Waals surface area contributed by atoms with Crippen LogP contribution in [0.15, 0.2) is 5.51 Å². The van der Waals surface area contributed by atoms with Crippen molar-refractivity contribution in [1.82, 2.24) is 15.6 Å². The molecule has 16 heavy (non-hydrogen) atoms. The molecule has 0 aliphatic rings. The van der Waals surface area contributed by atoms with Gasteiger partial charge in [-0.2, -0.15) is 0 Å². The molecule has 0 radical (unpaired) electrons. The Kier molecular flexibility index (Phi) is 11.1. The van der Waals surface area contributed by atoms with Gasteiger partial charge in [-0.25, -0.2) is 4.98 Å². The molecule has 1 aromatic heterocycles. The second-order valence-electron chi connectivity index (χ2n) is 2.88. The Hall–Kier alpha value is -0.360. The summed E-state index contributed by atoms with van der Waals surface area (Å²) in [5.41, 5.74) is 2.49. The Morgan fingerprint density at radius 1 is 1.44 bits per heavy atom. The first-order valence-electron chi connectivity index (χ1n) is 4.64. The number of thiazole rings is 1. The Balaban J connectivity index is 0. The molecule has 0 fully saturated rings. The summed E-state index contributed by atoms with van der Waals surface area (Å²) in [4.78, 5) is 16.3. The highest BCUT2D eigenvalue weighted by Gasteiger charge is 2.09. The van der Waals surface area contributed by atoms with E-state index in [2.05, 4.69) is 15.6 Å².